The molecule has 0 aliphatic carbocycles. The number of nitrogens with zero attached hydrogens (tertiary/aromatic N) is 1. The molecule has 4 nitrogen and oxygen atoms in total. The van der Waals surface area contributed by atoms with Gasteiger partial charge < -0.3 is 9.84 Å². The van der Waals surface area contributed by atoms with Crippen LogP contribution < -0.4 is 5.32 Å². The van der Waals surface area contributed by atoms with E-state index in [4.69, 9.17) is 4.52 Å². The number of rotatable bonds is 9. The van der Waals surface area contributed by atoms with Crippen LogP contribution in [0.5, 0.6) is 0 Å². The molecule has 0 aliphatic heterocycles. The van der Waals surface area contributed by atoms with E-state index in [0.29, 0.717) is 31.5 Å². The molecular weight excluding hydrogens is 316 g/mol. The van der Waals surface area contributed by atoms with Crippen LogP contribution in [-0.4, -0.2) is 48.7 Å². The minimum absolute atomic E-state index is 0. The molecule has 0 aliphatic rings. The van der Waals surface area contributed by atoms with E-state index in [-0.39, 0.29) is 14.0 Å². The number of unbranched alkanes of at least 4 members (excludes halogenated alkanes) is 1. The van der Waals surface area contributed by atoms with Gasteiger partial charge in [-0.1, -0.05) is 7.43 Å². The van der Waals surface area contributed by atoms with Gasteiger partial charge in [-0.2, -0.15) is 13.2 Å². The second-order valence-corrected chi connectivity index (χ2v) is 6.97. The molecule has 0 radical (unpaired) electrons. The van der Waals surface area contributed by atoms with E-state index in [1.807, 2.05) is 12.0 Å². The lowest BCUT2D eigenvalue weighted by molar-refractivity contribution is -0.173. The Morgan fingerprint density at radius 2 is 1.68 bits per heavy atom. The maximum absolute atomic E-state index is 11.9. The summed E-state index contributed by atoms with van der Waals surface area (Å²) >= 11 is 0. The fraction of sp³-hybridized carbons (Fsp3) is 0.929. The molecule has 134 valence electrons. The average molecular weight is 346 g/mol. The Morgan fingerprint density at radius 1 is 1.18 bits per heavy atom. The molecule has 0 bridgehead atoms. The van der Waals surface area contributed by atoms with Gasteiger partial charge in [0.25, 0.3) is 0 Å². The standard InChI is InChI=1S/C13H26F3N2O2P.CH4/c1-10(2)18(11(3)4)21(5)20-9-7-6-8-17-12(19)13(14,15)16;/h10-11H,6-9H2,1-5H3,(H,17,19);1H4. The normalized spacial score (nSPS) is 13.4. The van der Waals surface area contributed by atoms with Crippen molar-refractivity contribution in [2.24, 2.45) is 0 Å². The summed E-state index contributed by atoms with van der Waals surface area (Å²) in [5.74, 6) is -1.88. The van der Waals surface area contributed by atoms with Crippen LogP contribution in [0.1, 0.15) is 48.0 Å². The number of alkyl halides is 3. The Kier molecular flexibility index (Phi) is 12.1. The van der Waals surface area contributed by atoms with Crippen LogP contribution in [0.3, 0.4) is 0 Å². The highest BCUT2D eigenvalue weighted by atomic mass is 31.2. The first-order valence-corrected chi connectivity index (χ1v) is 8.73. The molecule has 0 rings (SSSR count). The largest absolute Gasteiger partial charge is 0.471 e. The van der Waals surface area contributed by atoms with Crippen LogP contribution in [0.2, 0.25) is 0 Å². The second-order valence-electron chi connectivity index (χ2n) is 5.33. The van der Waals surface area contributed by atoms with Crippen molar-refractivity contribution in [2.75, 3.05) is 19.8 Å². The van der Waals surface area contributed by atoms with Crippen LogP contribution in [0, 0.1) is 0 Å². The highest BCUT2D eigenvalue weighted by Crippen LogP contribution is 2.40. The Hall–Kier alpha value is -0.390. The zero-order chi connectivity index (χ0) is 16.6. The number of hydrogen-bond donors (Lipinski definition) is 1. The average Bonchev–Trinajstić information content (AvgIpc) is 2.30. The van der Waals surface area contributed by atoms with Gasteiger partial charge in [0.1, 0.15) is 8.30 Å². The van der Waals surface area contributed by atoms with E-state index in [1.165, 1.54) is 0 Å². The summed E-state index contributed by atoms with van der Waals surface area (Å²) in [7, 11) is -0.709. The van der Waals surface area contributed by atoms with Crippen LogP contribution >= 0.6 is 8.30 Å². The third-order valence-electron chi connectivity index (χ3n) is 2.78. The fourth-order valence-electron chi connectivity index (χ4n) is 2.04. The van der Waals surface area contributed by atoms with Crippen LogP contribution in [-0.2, 0) is 9.32 Å². The third-order valence-corrected chi connectivity index (χ3v) is 4.91. The van der Waals surface area contributed by atoms with Gasteiger partial charge in [0.2, 0.25) is 0 Å². The number of hydrogen-bond acceptors (Lipinski definition) is 3. The molecule has 1 unspecified atom stereocenters. The predicted molar refractivity (Wildman–Crippen MR) is 85.9 cm³/mol. The summed E-state index contributed by atoms with van der Waals surface area (Å²) < 4.78 is 43.8. The Balaban J connectivity index is 0. The van der Waals surface area contributed by atoms with E-state index < -0.39 is 20.4 Å². The second kappa shape index (κ2) is 11.2. The monoisotopic (exact) mass is 346 g/mol. The highest BCUT2D eigenvalue weighted by Gasteiger charge is 2.38. The van der Waals surface area contributed by atoms with E-state index in [0.717, 1.165) is 0 Å². The molecule has 1 N–H and O–H groups in total. The molecule has 0 spiro atoms. The zero-order valence-corrected chi connectivity index (χ0v) is 14.2. The van der Waals surface area contributed by atoms with Gasteiger partial charge in [-0.05, 0) is 47.2 Å². The maximum Gasteiger partial charge on any atom is 0.471 e. The minimum atomic E-state index is -4.80. The highest BCUT2D eigenvalue weighted by molar-refractivity contribution is 7.49. The number of carbonyl (C=O) groups excluding carboxylic acids is 1. The van der Waals surface area contributed by atoms with E-state index >= 15 is 0 Å². The molecule has 0 aromatic rings. The summed E-state index contributed by atoms with van der Waals surface area (Å²) in [6.45, 7) is 11.0. The van der Waals surface area contributed by atoms with E-state index in [9.17, 15) is 18.0 Å². The van der Waals surface area contributed by atoms with Crippen LogP contribution in [0.15, 0.2) is 0 Å². The van der Waals surface area contributed by atoms with E-state index in [2.05, 4.69) is 32.4 Å². The van der Waals surface area contributed by atoms with Crippen molar-refractivity contribution in [3.63, 3.8) is 0 Å². The van der Waals surface area contributed by atoms with E-state index in [1.54, 1.807) is 0 Å². The lowest BCUT2D eigenvalue weighted by Gasteiger charge is -2.35. The number of halogens is 3. The summed E-state index contributed by atoms with van der Waals surface area (Å²) in [4.78, 5) is 10.6. The van der Waals surface area contributed by atoms with Crippen molar-refractivity contribution in [3.8, 4) is 0 Å². The third kappa shape index (κ3) is 9.59. The summed E-state index contributed by atoms with van der Waals surface area (Å²) in [5, 5.41) is 1.85. The molecule has 0 heterocycles. The van der Waals surface area contributed by atoms with Gasteiger partial charge >= 0.3 is 12.1 Å². The zero-order valence-electron chi connectivity index (χ0n) is 13.3. The van der Waals surface area contributed by atoms with Crippen molar-refractivity contribution in [1.29, 1.82) is 0 Å². The van der Waals surface area contributed by atoms with Crippen molar-refractivity contribution < 1.29 is 22.5 Å². The van der Waals surface area contributed by atoms with Gasteiger partial charge in [-0.3, -0.25) is 9.46 Å². The number of amides is 1. The SMILES string of the molecule is C.CC(C)N(C(C)C)P(C)OCCCCNC(=O)C(F)(F)F. The predicted octanol–water partition coefficient (Wildman–Crippen LogP) is 4.16. The van der Waals surface area contributed by atoms with Gasteiger partial charge in [-0.15, -0.1) is 0 Å². The Labute approximate surface area is 133 Å². The smallest absolute Gasteiger partial charge is 0.348 e. The summed E-state index contributed by atoms with van der Waals surface area (Å²) in [6.07, 6.45) is -3.72. The molecule has 1 amide bonds. The Morgan fingerprint density at radius 3 is 2.09 bits per heavy atom. The molecule has 1 atom stereocenters. The molecule has 0 aromatic carbocycles. The first-order chi connectivity index (χ1) is 9.57. The summed E-state index contributed by atoms with van der Waals surface area (Å²) in [5.41, 5.74) is 0. The van der Waals surface area contributed by atoms with Crippen LogP contribution in [0.4, 0.5) is 13.2 Å². The van der Waals surface area contributed by atoms with Gasteiger partial charge in [0.15, 0.2) is 0 Å². The molecule has 0 aromatic heterocycles. The van der Waals surface area contributed by atoms with Crippen LogP contribution in [0.25, 0.3) is 0 Å². The number of nitrogens with one attached hydrogen (secondary N) is 1. The Bertz CT molecular complexity index is 305. The lowest BCUT2D eigenvalue weighted by Crippen LogP contribution is -2.37. The topological polar surface area (TPSA) is 41.6 Å². The molecule has 8 heteroatoms. The van der Waals surface area contributed by atoms with Crippen molar-refractivity contribution in [2.45, 2.75) is 66.2 Å². The van der Waals surface area contributed by atoms with Gasteiger partial charge in [0.05, 0.1) is 6.61 Å². The quantitative estimate of drug-likeness (QED) is 0.503. The van der Waals surface area contributed by atoms with Gasteiger partial charge in [-0.25, -0.2) is 0 Å². The van der Waals surface area contributed by atoms with Crippen molar-refractivity contribution >= 4 is 14.2 Å². The molecule has 0 fully saturated rings. The lowest BCUT2D eigenvalue weighted by atomic mass is 10.3. The summed E-state index contributed by atoms with van der Waals surface area (Å²) in [6, 6.07) is 0.763. The van der Waals surface area contributed by atoms with Crippen molar-refractivity contribution in [1.82, 2.24) is 9.99 Å². The molecular formula is C14H30F3N2O2P. The minimum Gasteiger partial charge on any atom is -0.348 e. The molecule has 0 saturated carbocycles. The first-order valence-electron chi connectivity index (χ1n) is 7.07. The first kappa shape index (κ1) is 23.9. The van der Waals surface area contributed by atoms with Gasteiger partial charge in [0, 0.05) is 18.6 Å². The van der Waals surface area contributed by atoms with Crippen molar-refractivity contribution in [3.05, 3.63) is 0 Å². The number of carbonyl (C=O) groups is 1. The molecule has 0 saturated heterocycles. The maximum atomic E-state index is 11.9. The molecule has 22 heavy (non-hydrogen) atoms. The fourth-order valence-corrected chi connectivity index (χ4v) is 3.87.